The zero-order valence-electron chi connectivity index (χ0n) is 13.3. The van der Waals surface area contributed by atoms with Gasteiger partial charge in [-0.2, -0.15) is 5.10 Å². The first kappa shape index (κ1) is 14.5. The summed E-state index contributed by atoms with van der Waals surface area (Å²) in [7, 11) is 0. The Balaban J connectivity index is 1.46. The van der Waals surface area contributed by atoms with Gasteiger partial charge in [0.05, 0.1) is 0 Å². The van der Waals surface area contributed by atoms with E-state index in [-0.39, 0.29) is 5.91 Å². The van der Waals surface area contributed by atoms with Gasteiger partial charge in [-0.15, -0.1) is 0 Å². The van der Waals surface area contributed by atoms with Crippen LogP contribution in [0.15, 0.2) is 16.8 Å². The van der Waals surface area contributed by atoms with Crippen molar-refractivity contribution in [2.75, 3.05) is 13.1 Å². The van der Waals surface area contributed by atoms with Gasteiger partial charge in [0.2, 0.25) is 0 Å². The fraction of sp³-hybridized carbons (Fsp3) is 0.588. The van der Waals surface area contributed by atoms with Crippen LogP contribution in [0, 0.1) is 5.92 Å². The molecule has 4 rings (SSSR count). The number of likely N-dealkylation sites (tertiary alicyclic amines) is 1. The SMILES string of the molecule is O=C(c1noc2c1CCCC2)N1CCC[C@@H](Cc2ccn[nH]2)C1. The Hall–Kier alpha value is -2.11. The quantitative estimate of drug-likeness (QED) is 0.944. The van der Waals surface area contributed by atoms with E-state index in [2.05, 4.69) is 15.4 Å². The normalized spacial score (nSPS) is 21.2. The van der Waals surface area contributed by atoms with E-state index in [1.807, 2.05) is 11.0 Å². The molecule has 2 aromatic heterocycles. The average molecular weight is 314 g/mol. The molecule has 1 saturated heterocycles. The number of nitrogens with zero attached hydrogens (tertiary/aromatic N) is 3. The summed E-state index contributed by atoms with van der Waals surface area (Å²) in [5.41, 5.74) is 2.75. The summed E-state index contributed by atoms with van der Waals surface area (Å²) in [5, 5.41) is 11.1. The first-order valence-corrected chi connectivity index (χ1v) is 8.56. The smallest absolute Gasteiger partial charge is 0.276 e. The van der Waals surface area contributed by atoms with Crippen molar-refractivity contribution in [2.24, 2.45) is 5.92 Å². The van der Waals surface area contributed by atoms with Gasteiger partial charge in [0, 0.05) is 37.0 Å². The van der Waals surface area contributed by atoms with Gasteiger partial charge in [0.1, 0.15) is 5.76 Å². The van der Waals surface area contributed by atoms with E-state index in [9.17, 15) is 4.79 Å². The van der Waals surface area contributed by atoms with E-state index in [0.717, 1.165) is 75.1 Å². The van der Waals surface area contributed by atoms with Crippen molar-refractivity contribution in [1.29, 1.82) is 0 Å². The number of nitrogens with one attached hydrogen (secondary N) is 1. The fourth-order valence-electron chi connectivity index (χ4n) is 3.83. The molecule has 1 N–H and O–H groups in total. The second-order valence-corrected chi connectivity index (χ2v) is 6.69. The Labute approximate surface area is 135 Å². The lowest BCUT2D eigenvalue weighted by Gasteiger charge is -2.32. The summed E-state index contributed by atoms with van der Waals surface area (Å²) in [4.78, 5) is 14.8. The zero-order valence-corrected chi connectivity index (χ0v) is 13.3. The second kappa shape index (κ2) is 6.18. The molecule has 23 heavy (non-hydrogen) atoms. The van der Waals surface area contributed by atoms with E-state index >= 15 is 0 Å². The molecule has 0 bridgehead atoms. The molecule has 1 atom stereocenters. The molecule has 1 aliphatic heterocycles. The summed E-state index contributed by atoms with van der Waals surface area (Å²) in [6.45, 7) is 1.61. The average Bonchev–Trinajstić information content (AvgIpc) is 3.24. The number of hydrogen-bond acceptors (Lipinski definition) is 4. The fourth-order valence-corrected chi connectivity index (χ4v) is 3.83. The van der Waals surface area contributed by atoms with Crippen molar-refractivity contribution < 1.29 is 9.32 Å². The molecule has 0 radical (unpaired) electrons. The van der Waals surface area contributed by atoms with Crippen molar-refractivity contribution in [2.45, 2.75) is 44.9 Å². The number of hydrogen-bond donors (Lipinski definition) is 1. The van der Waals surface area contributed by atoms with Crippen LogP contribution in [0.25, 0.3) is 0 Å². The number of carbonyl (C=O) groups excluding carboxylic acids is 1. The molecule has 0 aromatic carbocycles. The van der Waals surface area contributed by atoms with Crippen LogP contribution in [-0.2, 0) is 19.3 Å². The van der Waals surface area contributed by atoms with Gasteiger partial charge in [-0.05, 0) is 50.5 Å². The van der Waals surface area contributed by atoms with Crippen LogP contribution in [-0.4, -0.2) is 39.3 Å². The third-order valence-corrected chi connectivity index (χ3v) is 5.03. The molecule has 2 aliphatic rings. The number of carbonyl (C=O) groups is 1. The van der Waals surface area contributed by atoms with E-state index in [1.54, 1.807) is 6.20 Å². The first-order chi connectivity index (χ1) is 11.3. The molecule has 1 amide bonds. The number of aryl methyl sites for hydroxylation is 1. The zero-order chi connectivity index (χ0) is 15.6. The first-order valence-electron chi connectivity index (χ1n) is 8.56. The molecule has 1 fully saturated rings. The highest BCUT2D eigenvalue weighted by Gasteiger charge is 2.30. The molecule has 1 aliphatic carbocycles. The summed E-state index contributed by atoms with van der Waals surface area (Å²) < 4.78 is 5.40. The van der Waals surface area contributed by atoms with Crippen molar-refractivity contribution in [1.82, 2.24) is 20.3 Å². The molecule has 6 nitrogen and oxygen atoms in total. The maximum absolute atomic E-state index is 12.9. The van der Waals surface area contributed by atoms with Crippen molar-refractivity contribution in [3.63, 3.8) is 0 Å². The molecule has 0 saturated carbocycles. The highest BCUT2D eigenvalue weighted by molar-refractivity contribution is 5.94. The number of H-pyrrole nitrogens is 1. The van der Waals surface area contributed by atoms with E-state index < -0.39 is 0 Å². The maximum atomic E-state index is 12.9. The second-order valence-electron chi connectivity index (χ2n) is 6.69. The summed E-state index contributed by atoms with van der Waals surface area (Å²) in [6.07, 6.45) is 9.01. The van der Waals surface area contributed by atoms with Crippen LogP contribution in [0.5, 0.6) is 0 Å². The molecular formula is C17H22N4O2. The molecule has 2 aromatic rings. The van der Waals surface area contributed by atoms with Crippen molar-refractivity contribution in [3.8, 4) is 0 Å². The van der Waals surface area contributed by atoms with Crippen LogP contribution in [0.2, 0.25) is 0 Å². The predicted molar refractivity (Wildman–Crippen MR) is 84.1 cm³/mol. The Kier molecular flexibility index (Phi) is 3.89. The third-order valence-electron chi connectivity index (χ3n) is 5.03. The van der Waals surface area contributed by atoms with Crippen LogP contribution in [0.3, 0.4) is 0 Å². The Morgan fingerprint density at radius 3 is 3.13 bits per heavy atom. The van der Waals surface area contributed by atoms with Gasteiger partial charge < -0.3 is 9.42 Å². The molecule has 3 heterocycles. The summed E-state index contributed by atoms with van der Waals surface area (Å²) in [6, 6.07) is 2.01. The lowest BCUT2D eigenvalue weighted by Crippen LogP contribution is -2.41. The minimum absolute atomic E-state index is 0.0474. The van der Waals surface area contributed by atoms with Gasteiger partial charge in [0.25, 0.3) is 5.91 Å². The highest BCUT2D eigenvalue weighted by atomic mass is 16.5. The highest BCUT2D eigenvalue weighted by Crippen LogP contribution is 2.27. The molecule has 0 spiro atoms. The maximum Gasteiger partial charge on any atom is 0.276 e. The van der Waals surface area contributed by atoms with Gasteiger partial charge in [-0.25, -0.2) is 0 Å². The summed E-state index contributed by atoms with van der Waals surface area (Å²) >= 11 is 0. The monoisotopic (exact) mass is 314 g/mol. The minimum atomic E-state index is 0.0474. The molecule has 6 heteroatoms. The number of aromatic nitrogens is 3. The largest absolute Gasteiger partial charge is 0.360 e. The number of aromatic amines is 1. The standard InChI is InChI=1S/C17H22N4O2/c22-17(16-14-5-1-2-6-15(14)23-20-16)21-9-3-4-12(11-21)10-13-7-8-18-19-13/h7-8,12H,1-6,9-11H2,(H,18,19)/t12-/m0/s1. The Morgan fingerprint density at radius 2 is 2.26 bits per heavy atom. The third kappa shape index (κ3) is 2.90. The predicted octanol–water partition coefficient (Wildman–Crippen LogP) is 2.37. The van der Waals surface area contributed by atoms with Crippen molar-refractivity contribution >= 4 is 5.91 Å². The number of fused-ring (bicyclic) bond motifs is 1. The van der Waals surface area contributed by atoms with E-state index in [4.69, 9.17) is 4.52 Å². The van der Waals surface area contributed by atoms with Crippen LogP contribution >= 0.6 is 0 Å². The number of amides is 1. The number of piperidine rings is 1. The lowest BCUT2D eigenvalue weighted by atomic mass is 9.92. The van der Waals surface area contributed by atoms with E-state index in [0.29, 0.717) is 11.6 Å². The van der Waals surface area contributed by atoms with Crippen LogP contribution in [0.1, 0.15) is 53.2 Å². The molecule has 122 valence electrons. The minimum Gasteiger partial charge on any atom is -0.360 e. The van der Waals surface area contributed by atoms with Crippen LogP contribution in [0.4, 0.5) is 0 Å². The molecular weight excluding hydrogens is 292 g/mol. The molecule has 0 unspecified atom stereocenters. The Morgan fingerprint density at radius 1 is 1.35 bits per heavy atom. The topological polar surface area (TPSA) is 75.0 Å². The van der Waals surface area contributed by atoms with Gasteiger partial charge in [-0.3, -0.25) is 9.89 Å². The van der Waals surface area contributed by atoms with Crippen LogP contribution < -0.4 is 0 Å². The van der Waals surface area contributed by atoms with Crippen molar-refractivity contribution in [3.05, 3.63) is 35.0 Å². The van der Waals surface area contributed by atoms with E-state index in [1.165, 1.54) is 0 Å². The van der Waals surface area contributed by atoms with Gasteiger partial charge >= 0.3 is 0 Å². The summed E-state index contributed by atoms with van der Waals surface area (Å²) in [5.74, 6) is 1.45. The lowest BCUT2D eigenvalue weighted by molar-refractivity contribution is 0.0661. The van der Waals surface area contributed by atoms with Gasteiger partial charge in [-0.1, -0.05) is 5.16 Å². The Bertz CT molecular complexity index is 677. The number of rotatable bonds is 3. The van der Waals surface area contributed by atoms with Gasteiger partial charge in [0.15, 0.2) is 5.69 Å².